The van der Waals surface area contributed by atoms with Crippen LogP contribution in [-0.2, 0) is 0 Å². The summed E-state index contributed by atoms with van der Waals surface area (Å²) in [4.78, 5) is 0. The van der Waals surface area contributed by atoms with Crippen molar-refractivity contribution >= 4 is 18.6 Å². The Morgan fingerprint density at radius 3 is 2.15 bits per heavy atom. The molecule has 0 aromatic heterocycles. The molecule has 0 aliphatic rings. The van der Waals surface area contributed by atoms with E-state index in [0.717, 1.165) is 24.9 Å². The highest BCUT2D eigenvalue weighted by molar-refractivity contribution is 6.74. The Bertz CT molecular complexity index is 363. The van der Waals surface area contributed by atoms with Gasteiger partial charge in [-0.1, -0.05) is 86.1 Å². The van der Waals surface area contributed by atoms with Gasteiger partial charge in [0.1, 0.15) is 5.75 Å². The van der Waals surface area contributed by atoms with Crippen LogP contribution in [0.3, 0.4) is 0 Å². The maximum Gasteiger partial charge on any atom is 0.312 e. The van der Waals surface area contributed by atoms with E-state index in [4.69, 9.17) is 4.74 Å². The lowest BCUT2D eigenvalue weighted by molar-refractivity contribution is 0.311. The van der Waals surface area contributed by atoms with E-state index >= 15 is 0 Å². The highest BCUT2D eigenvalue weighted by atomic mass is 27.2. The van der Waals surface area contributed by atoms with Gasteiger partial charge in [-0.15, -0.1) is 0 Å². The third-order valence-electron chi connectivity index (χ3n) is 3.63. The van der Waals surface area contributed by atoms with E-state index in [9.17, 15) is 0 Å². The molecule has 0 aliphatic heterocycles. The van der Waals surface area contributed by atoms with Crippen LogP contribution in [0.2, 0.25) is 10.6 Å². The third-order valence-corrected chi connectivity index (χ3v) is 8.01. The van der Waals surface area contributed by atoms with Crippen molar-refractivity contribution in [2.45, 2.75) is 58.0 Å². The SMILES string of the molecule is CCCCOc1cccc[c]1[Al]([CH2]C(C)C)[CH2]C(C)C. The van der Waals surface area contributed by atoms with E-state index in [2.05, 4.69) is 58.9 Å². The number of hydrogen-bond donors (Lipinski definition) is 0. The molecule has 1 nitrogen and oxygen atoms in total. The molecule has 0 radical (unpaired) electrons. The van der Waals surface area contributed by atoms with Gasteiger partial charge in [0.15, 0.2) is 0 Å². The van der Waals surface area contributed by atoms with Crippen molar-refractivity contribution in [3.8, 4) is 5.75 Å². The summed E-state index contributed by atoms with van der Waals surface area (Å²) >= 11 is -0.924. The number of unbranched alkanes of at least 4 members (excludes halogenated alkanes) is 1. The second-order valence-electron chi connectivity index (χ2n) is 6.70. The zero-order chi connectivity index (χ0) is 15.0. The van der Waals surface area contributed by atoms with Gasteiger partial charge < -0.3 is 4.74 Å². The minimum Gasteiger partial charge on any atom is -0.495 e. The molecular formula is C18H31AlO. The fraction of sp³-hybridized carbons (Fsp3) is 0.667. The molecule has 0 saturated carbocycles. The Morgan fingerprint density at radius 1 is 1.00 bits per heavy atom. The lowest BCUT2D eigenvalue weighted by Crippen LogP contribution is -2.34. The van der Waals surface area contributed by atoms with Gasteiger partial charge >= 0.3 is 14.1 Å². The zero-order valence-electron chi connectivity index (χ0n) is 14.0. The van der Waals surface area contributed by atoms with Crippen molar-refractivity contribution in [1.82, 2.24) is 0 Å². The Hall–Kier alpha value is -0.448. The predicted molar refractivity (Wildman–Crippen MR) is 91.5 cm³/mol. The molecule has 1 aromatic rings. The first kappa shape index (κ1) is 17.6. The van der Waals surface area contributed by atoms with E-state index in [1.165, 1.54) is 22.7 Å². The highest BCUT2D eigenvalue weighted by Crippen LogP contribution is 2.19. The molecule has 0 bridgehead atoms. The van der Waals surface area contributed by atoms with E-state index in [1.807, 2.05) is 0 Å². The van der Waals surface area contributed by atoms with E-state index in [-0.39, 0.29) is 0 Å². The summed E-state index contributed by atoms with van der Waals surface area (Å²) in [7, 11) is 0. The first-order valence-corrected chi connectivity index (χ1v) is 10.5. The van der Waals surface area contributed by atoms with Gasteiger partial charge in [0.2, 0.25) is 0 Å². The summed E-state index contributed by atoms with van der Waals surface area (Å²) < 4.78 is 7.60. The lowest BCUT2D eigenvalue weighted by Gasteiger charge is -2.20. The molecule has 20 heavy (non-hydrogen) atoms. The van der Waals surface area contributed by atoms with E-state index < -0.39 is 14.1 Å². The Balaban J connectivity index is 2.87. The smallest absolute Gasteiger partial charge is 0.312 e. The molecule has 112 valence electrons. The van der Waals surface area contributed by atoms with Gasteiger partial charge in [0.05, 0.1) is 6.61 Å². The Kier molecular flexibility index (Phi) is 8.35. The minimum absolute atomic E-state index is 0.786. The summed E-state index contributed by atoms with van der Waals surface area (Å²) in [5, 5.41) is 2.76. The molecule has 0 saturated heterocycles. The van der Waals surface area contributed by atoms with Crippen molar-refractivity contribution in [3.05, 3.63) is 24.3 Å². The summed E-state index contributed by atoms with van der Waals surface area (Å²) in [6, 6.07) is 8.79. The van der Waals surface area contributed by atoms with Crippen molar-refractivity contribution in [2.75, 3.05) is 6.61 Å². The van der Waals surface area contributed by atoms with Gasteiger partial charge in [-0.05, 0) is 12.5 Å². The molecule has 0 aliphatic carbocycles. The van der Waals surface area contributed by atoms with Crippen LogP contribution >= 0.6 is 0 Å². The predicted octanol–water partition coefficient (Wildman–Crippen LogP) is 4.88. The zero-order valence-corrected chi connectivity index (χ0v) is 15.1. The second kappa shape index (κ2) is 9.48. The Morgan fingerprint density at radius 2 is 1.60 bits per heavy atom. The summed E-state index contributed by atoms with van der Waals surface area (Å²) in [5.41, 5.74) is 0. The molecule has 0 spiro atoms. The fourth-order valence-corrected chi connectivity index (χ4v) is 6.71. The fourth-order valence-electron chi connectivity index (χ4n) is 2.76. The Labute approximate surface area is 130 Å². The van der Waals surface area contributed by atoms with Crippen LogP contribution < -0.4 is 9.16 Å². The largest absolute Gasteiger partial charge is 0.495 e. The van der Waals surface area contributed by atoms with Crippen LogP contribution in [0.4, 0.5) is 0 Å². The molecular weight excluding hydrogens is 259 g/mol. The molecule has 1 rings (SSSR count). The summed E-state index contributed by atoms with van der Waals surface area (Å²) in [6.07, 6.45) is 2.34. The average molecular weight is 290 g/mol. The first-order valence-electron chi connectivity index (χ1n) is 8.26. The van der Waals surface area contributed by atoms with Crippen LogP contribution in [0, 0.1) is 11.8 Å². The number of hydrogen-bond acceptors (Lipinski definition) is 1. The molecule has 0 fully saturated rings. The van der Waals surface area contributed by atoms with Gasteiger partial charge in [-0.2, -0.15) is 0 Å². The van der Waals surface area contributed by atoms with Crippen LogP contribution in [0.5, 0.6) is 5.75 Å². The van der Waals surface area contributed by atoms with Gasteiger partial charge in [-0.3, -0.25) is 0 Å². The third kappa shape index (κ3) is 6.33. The maximum atomic E-state index is 6.06. The van der Waals surface area contributed by atoms with Gasteiger partial charge in [-0.25, -0.2) is 0 Å². The molecule has 0 atom stereocenters. The normalized spacial score (nSPS) is 11.2. The van der Waals surface area contributed by atoms with Crippen LogP contribution in [0.15, 0.2) is 24.3 Å². The maximum absolute atomic E-state index is 6.06. The molecule has 0 heterocycles. The average Bonchev–Trinajstić information content (AvgIpc) is 2.38. The molecule has 2 heteroatoms. The van der Waals surface area contributed by atoms with Crippen LogP contribution in [0.25, 0.3) is 0 Å². The van der Waals surface area contributed by atoms with Gasteiger partial charge in [0, 0.05) is 0 Å². The van der Waals surface area contributed by atoms with Crippen molar-refractivity contribution in [2.24, 2.45) is 11.8 Å². The molecule has 0 amide bonds. The van der Waals surface area contributed by atoms with Crippen LogP contribution in [-0.4, -0.2) is 20.8 Å². The van der Waals surface area contributed by atoms with E-state index in [1.54, 1.807) is 4.43 Å². The minimum atomic E-state index is -0.924. The second-order valence-corrected chi connectivity index (χ2v) is 9.65. The molecule has 0 N–H and O–H groups in total. The quantitative estimate of drug-likeness (QED) is 0.465. The molecule has 1 aromatic carbocycles. The van der Waals surface area contributed by atoms with Crippen LogP contribution in [0.1, 0.15) is 47.5 Å². The summed E-state index contributed by atoms with van der Waals surface area (Å²) in [6.45, 7) is 12.5. The highest BCUT2D eigenvalue weighted by Gasteiger charge is 2.25. The standard InChI is InChI=1S/C10H13O.2C4H9.Al/c1-2-3-9-11-10-7-5-4-6-8-10;2*1-4(2)3;/h4-7H,2-3,9H2,1H3;2*4H,1H2,2-3H3;. The van der Waals surface area contributed by atoms with Crippen molar-refractivity contribution < 1.29 is 4.74 Å². The number of para-hydroxylation sites is 1. The van der Waals surface area contributed by atoms with E-state index in [0.29, 0.717) is 0 Å². The lowest BCUT2D eigenvalue weighted by atomic mass is 10.3. The van der Waals surface area contributed by atoms with Crippen molar-refractivity contribution in [3.63, 3.8) is 0 Å². The van der Waals surface area contributed by atoms with Crippen molar-refractivity contribution in [1.29, 1.82) is 0 Å². The number of ether oxygens (including phenoxy) is 1. The monoisotopic (exact) mass is 290 g/mol. The first-order chi connectivity index (χ1) is 9.54. The number of rotatable bonds is 9. The summed E-state index contributed by atoms with van der Waals surface area (Å²) in [5.74, 6) is 2.74. The van der Waals surface area contributed by atoms with Gasteiger partial charge in [0.25, 0.3) is 0 Å². The topological polar surface area (TPSA) is 9.23 Å². The molecule has 0 unspecified atom stereocenters. The number of benzene rings is 1.